The first-order valence-corrected chi connectivity index (χ1v) is 4.01. The van der Waals surface area contributed by atoms with Gasteiger partial charge >= 0.3 is 0 Å². The van der Waals surface area contributed by atoms with Crippen LogP contribution in [0.3, 0.4) is 0 Å². The van der Waals surface area contributed by atoms with Gasteiger partial charge in [-0.2, -0.15) is 0 Å². The van der Waals surface area contributed by atoms with Crippen molar-refractivity contribution in [3.05, 3.63) is 0 Å². The molecule has 1 aliphatic heterocycles. The van der Waals surface area contributed by atoms with Gasteiger partial charge in [-0.3, -0.25) is 0 Å². The third-order valence-electron chi connectivity index (χ3n) is 1.64. The standard InChI is InChI=1S/C9H15N/c1-8(2)3-4-9-5-6-10-7-9/h8-10H,5-7H2,1-2H3. The summed E-state index contributed by atoms with van der Waals surface area (Å²) in [7, 11) is 0. The molecule has 0 spiro atoms. The zero-order valence-corrected chi connectivity index (χ0v) is 6.78. The summed E-state index contributed by atoms with van der Waals surface area (Å²) in [4.78, 5) is 0. The van der Waals surface area contributed by atoms with Gasteiger partial charge in [0.15, 0.2) is 0 Å². The lowest BCUT2D eigenvalue weighted by atomic mass is 10.1. The van der Waals surface area contributed by atoms with E-state index in [9.17, 15) is 0 Å². The second-order valence-corrected chi connectivity index (χ2v) is 3.13. The smallest absolute Gasteiger partial charge is 0.0339 e. The van der Waals surface area contributed by atoms with Gasteiger partial charge in [-0.1, -0.05) is 19.8 Å². The molecule has 1 atom stereocenters. The summed E-state index contributed by atoms with van der Waals surface area (Å²) in [5, 5.41) is 3.29. The van der Waals surface area contributed by atoms with Gasteiger partial charge in [0, 0.05) is 18.4 Å². The number of hydrogen-bond donors (Lipinski definition) is 1. The Kier molecular flexibility index (Phi) is 2.77. The lowest BCUT2D eigenvalue weighted by Gasteiger charge is -1.95. The second kappa shape index (κ2) is 3.63. The molecule has 1 heterocycles. The van der Waals surface area contributed by atoms with Crippen molar-refractivity contribution < 1.29 is 0 Å². The van der Waals surface area contributed by atoms with Crippen LogP contribution in [0.4, 0.5) is 0 Å². The minimum absolute atomic E-state index is 0.528. The van der Waals surface area contributed by atoms with Gasteiger partial charge in [0.1, 0.15) is 0 Å². The molecule has 0 bridgehead atoms. The normalized spacial score (nSPS) is 24.5. The van der Waals surface area contributed by atoms with Crippen molar-refractivity contribution in [3.8, 4) is 11.8 Å². The molecule has 1 nitrogen and oxygen atoms in total. The van der Waals surface area contributed by atoms with Crippen LogP contribution in [0.25, 0.3) is 0 Å². The molecule has 0 aromatic carbocycles. The largest absolute Gasteiger partial charge is 0.315 e. The van der Waals surface area contributed by atoms with E-state index in [4.69, 9.17) is 0 Å². The van der Waals surface area contributed by atoms with E-state index in [1.54, 1.807) is 0 Å². The molecule has 1 unspecified atom stereocenters. The Hall–Kier alpha value is -0.480. The van der Waals surface area contributed by atoms with Crippen LogP contribution in [0.2, 0.25) is 0 Å². The van der Waals surface area contributed by atoms with Crippen LogP contribution >= 0.6 is 0 Å². The fourth-order valence-electron chi connectivity index (χ4n) is 1.06. The first-order valence-electron chi connectivity index (χ1n) is 4.01. The molecule has 0 amide bonds. The Labute approximate surface area is 63.2 Å². The van der Waals surface area contributed by atoms with Gasteiger partial charge in [0.25, 0.3) is 0 Å². The van der Waals surface area contributed by atoms with Crippen LogP contribution in [0, 0.1) is 23.7 Å². The van der Waals surface area contributed by atoms with Crippen LogP contribution in [0.1, 0.15) is 20.3 Å². The number of nitrogens with one attached hydrogen (secondary N) is 1. The van der Waals surface area contributed by atoms with Crippen molar-refractivity contribution in [2.24, 2.45) is 11.8 Å². The molecule has 1 aliphatic rings. The molecular formula is C9H15N. The van der Waals surface area contributed by atoms with Crippen LogP contribution in [0.15, 0.2) is 0 Å². The van der Waals surface area contributed by atoms with Crippen molar-refractivity contribution in [1.29, 1.82) is 0 Å². The molecule has 1 rings (SSSR count). The first kappa shape index (κ1) is 7.63. The fourth-order valence-corrected chi connectivity index (χ4v) is 1.06. The summed E-state index contributed by atoms with van der Waals surface area (Å²) in [6, 6.07) is 0. The predicted molar refractivity (Wildman–Crippen MR) is 43.6 cm³/mol. The summed E-state index contributed by atoms with van der Waals surface area (Å²) >= 11 is 0. The van der Waals surface area contributed by atoms with Crippen molar-refractivity contribution in [2.45, 2.75) is 20.3 Å². The molecule has 1 N–H and O–H groups in total. The van der Waals surface area contributed by atoms with Crippen LogP contribution in [0.5, 0.6) is 0 Å². The maximum Gasteiger partial charge on any atom is 0.0339 e. The average molecular weight is 137 g/mol. The quantitative estimate of drug-likeness (QED) is 0.495. The van der Waals surface area contributed by atoms with Crippen molar-refractivity contribution in [1.82, 2.24) is 5.32 Å². The molecule has 0 aromatic heterocycles. The Bertz CT molecular complexity index is 144. The van der Waals surface area contributed by atoms with E-state index in [-0.39, 0.29) is 0 Å². The van der Waals surface area contributed by atoms with Gasteiger partial charge in [-0.25, -0.2) is 0 Å². The van der Waals surface area contributed by atoms with Gasteiger partial charge in [0.05, 0.1) is 0 Å². The number of hydrogen-bond acceptors (Lipinski definition) is 1. The molecule has 1 fully saturated rings. The molecule has 56 valence electrons. The minimum atomic E-state index is 0.528. The molecule has 0 radical (unpaired) electrons. The van der Waals surface area contributed by atoms with Gasteiger partial charge in [0.2, 0.25) is 0 Å². The van der Waals surface area contributed by atoms with E-state index in [1.807, 2.05) is 0 Å². The zero-order valence-electron chi connectivity index (χ0n) is 6.78. The monoisotopic (exact) mass is 137 g/mol. The minimum Gasteiger partial charge on any atom is -0.315 e. The number of rotatable bonds is 0. The van der Waals surface area contributed by atoms with Crippen LogP contribution in [-0.4, -0.2) is 13.1 Å². The van der Waals surface area contributed by atoms with Crippen molar-refractivity contribution in [3.63, 3.8) is 0 Å². The lowest BCUT2D eigenvalue weighted by Crippen LogP contribution is -2.07. The highest BCUT2D eigenvalue weighted by molar-refractivity contribution is 5.07. The Balaban J connectivity index is 2.31. The highest BCUT2D eigenvalue weighted by Crippen LogP contribution is 2.05. The van der Waals surface area contributed by atoms with E-state index in [2.05, 4.69) is 31.0 Å². The second-order valence-electron chi connectivity index (χ2n) is 3.13. The SMILES string of the molecule is CC(C)C#CC1CCNC1. The molecular weight excluding hydrogens is 122 g/mol. The zero-order chi connectivity index (χ0) is 7.40. The third-order valence-corrected chi connectivity index (χ3v) is 1.64. The third kappa shape index (κ3) is 2.41. The first-order chi connectivity index (χ1) is 4.79. The highest BCUT2D eigenvalue weighted by Gasteiger charge is 2.10. The highest BCUT2D eigenvalue weighted by atomic mass is 14.9. The molecule has 10 heavy (non-hydrogen) atoms. The van der Waals surface area contributed by atoms with E-state index < -0.39 is 0 Å². The average Bonchev–Trinajstić information content (AvgIpc) is 2.34. The summed E-state index contributed by atoms with van der Waals surface area (Å²) < 4.78 is 0. The maximum absolute atomic E-state index is 3.29. The summed E-state index contributed by atoms with van der Waals surface area (Å²) in [5.41, 5.74) is 0. The van der Waals surface area contributed by atoms with Crippen LogP contribution in [-0.2, 0) is 0 Å². The molecule has 0 aliphatic carbocycles. The van der Waals surface area contributed by atoms with Crippen molar-refractivity contribution >= 4 is 0 Å². The van der Waals surface area contributed by atoms with Crippen LogP contribution < -0.4 is 5.32 Å². The van der Waals surface area contributed by atoms with Gasteiger partial charge < -0.3 is 5.32 Å². The van der Waals surface area contributed by atoms with E-state index in [1.165, 1.54) is 6.42 Å². The summed E-state index contributed by atoms with van der Waals surface area (Å²) in [6.07, 6.45) is 1.24. The Morgan fingerprint density at radius 3 is 2.80 bits per heavy atom. The summed E-state index contributed by atoms with van der Waals surface area (Å²) in [5.74, 6) is 7.62. The maximum atomic E-state index is 3.29. The van der Waals surface area contributed by atoms with E-state index in [0.29, 0.717) is 11.8 Å². The van der Waals surface area contributed by atoms with Gasteiger partial charge in [-0.05, 0) is 13.0 Å². The fraction of sp³-hybridized carbons (Fsp3) is 0.778. The Morgan fingerprint density at radius 2 is 2.30 bits per heavy atom. The van der Waals surface area contributed by atoms with E-state index >= 15 is 0 Å². The Morgan fingerprint density at radius 1 is 1.50 bits per heavy atom. The molecule has 0 saturated carbocycles. The van der Waals surface area contributed by atoms with Crippen molar-refractivity contribution in [2.75, 3.05) is 13.1 Å². The lowest BCUT2D eigenvalue weighted by molar-refractivity contribution is 0.748. The van der Waals surface area contributed by atoms with E-state index in [0.717, 1.165) is 13.1 Å². The molecule has 1 saturated heterocycles. The predicted octanol–water partition coefficient (Wildman–Crippen LogP) is 1.26. The topological polar surface area (TPSA) is 12.0 Å². The van der Waals surface area contributed by atoms with Gasteiger partial charge in [-0.15, -0.1) is 5.92 Å². The molecule has 0 aromatic rings. The summed E-state index contributed by atoms with van der Waals surface area (Å²) in [6.45, 7) is 6.52. The molecule has 1 heteroatoms.